The number of hydrogen-bond acceptors (Lipinski definition) is 4. The molecule has 0 atom stereocenters. The molecule has 0 saturated carbocycles. The van der Waals surface area contributed by atoms with Gasteiger partial charge in [-0.2, -0.15) is 5.26 Å². The zero-order valence-corrected chi connectivity index (χ0v) is 15.3. The Morgan fingerprint density at radius 2 is 1.89 bits per heavy atom. The molecule has 0 spiro atoms. The Hall–Kier alpha value is -3.58. The van der Waals surface area contributed by atoms with Gasteiger partial charge in [-0.25, -0.2) is 4.98 Å². The highest BCUT2D eigenvalue weighted by molar-refractivity contribution is 5.69. The van der Waals surface area contributed by atoms with Crippen LogP contribution in [0.3, 0.4) is 0 Å². The molecule has 0 radical (unpaired) electrons. The molecule has 0 bridgehead atoms. The van der Waals surface area contributed by atoms with Gasteiger partial charge in [-0.15, -0.1) is 0 Å². The van der Waals surface area contributed by atoms with E-state index in [2.05, 4.69) is 11.1 Å². The molecule has 0 aliphatic heterocycles. The normalized spacial score (nSPS) is 10.6. The predicted octanol–water partition coefficient (Wildman–Crippen LogP) is 5.24. The summed E-state index contributed by atoms with van der Waals surface area (Å²) in [4.78, 5) is 4.45. The minimum atomic E-state index is 0.326. The number of rotatable bonds is 6. The summed E-state index contributed by atoms with van der Waals surface area (Å²) in [5.74, 6) is 1.13. The van der Waals surface area contributed by atoms with E-state index in [0.717, 1.165) is 28.1 Å². The van der Waals surface area contributed by atoms with Crippen molar-refractivity contribution in [3.63, 3.8) is 0 Å². The van der Waals surface area contributed by atoms with Crippen LogP contribution in [-0.4, -0.2) is 12.1 Å². The van der Waals surface area contributed by atoms with Crippen molar-refractivity contribution in [1.82, 2.24) is 4.98 Å². The second kappa shape index (κ2) is 8.68. The zero-order valence-electron chi connectivity index (χ0n) is 15.3. The topological polar surface area (TPSA) is 55.1 Å². The smallest absolute Gasteiger partial charge is 0.231 e. The highest BCUT2D eigenvalue weighted by atomic mass is 16.5. The van der Waals surface area contributed by atoms with Crippen LogP contribution in [0, 0.1) is 11.3 Å². The summed E-state index contributed by atoms with van der Waals surface area (Å²) < 4.78 is 11.2. The van der Waals surface area contributed by atoms with E-state index in [1.165, 1.54) is 7.11 Å². The third-order valence-electron chi connectivity index (χ3n) is 4.06. The van der Waals surface area contributed by atoms with Gasteiger partial charge in [-0.05, 0) is 42.8 Å². The molecule has 0 saturated heterocycles. The van der Waals surface area contributed by atoms with E-state index in [-0.39, 0.29) is 0 Å². The Morgan fingerprint density at radius 1 is 1.07 bits per heavy atom. The van der Waals surface area contributed by atoms with Crippen molar-refractivity contribution in [1.29, 1.82) is 5.26 Å². The van der Waals surface area contributed by atoms with Crippen LogP contribution < -0.4 is 9.47 Å². The van der Waals surface area contributed by atoms with Crippen LogP contribution in [0.2, 0.25) is 0 Å². The molecular weight excluding hydrogens is 336 g/mol. The van der Waals surface area contributed by atoms with Crippen LogP contribution in [0.4, 0.5) is 0 Å². The van der Waals surface area contributed by atoms with E-state index >= 15 is 0 Å². The van der Waals surface area contributed by atoms with E-state index in [1.54, 1.807) is 6.07 Å². The fraction of sp³-hybridized carbons (Fsp3) is 0.130. The Labute approximate surface area is 159 Å². The molecule has 0 aliphatic rings. The van der Waals surface area contributed by atoms with Crippen molar-refractivity contribution >= 4 is 6.08 Å². The zero-order chi connectivity index (χ0) is 19.1. The summed E-state index contributed by atoms with van der Waals surface area (Å²) in [6.45, 7) is 2.48. The van der Waals surface area contributed by atoms with Gasteiger partial charge in [0, 0.05) is 11.1 Å². The van der Waals surface area contributed by atoms with Gasteiger partial charge in [0.15, 0.2) is 0 Å². The van der Waals surface area contributed by atoms with E-state index in [0.29, 0.717) is 18.1 Å². The highest BCUT2D eigenvalue weighted by Crippen LogP contribution is 2.29. The van der Waals surface area contributed by atoms with Crippen LogP contribution in [0.5, 0.6) is 11.6 Å². The summed E-state index contributed by atoms with van der Waals surface area (Å²) in [7, 11) is 1.51. The molecular formula is C23H20N2O2. The van der Waals surface area contributed by atoms with E-state index in [9.17, 15) is 0 Å². The first kappa shape index (κ1) is 18.2. The van der Waals surface area contributed by atoms with Gasteiger partial charge in [-0.1, -0.05) is 42.5 Å². The van der Waals surface area contributed by atoms with Crippen molar-refractivity contribution in [2.45, 2.75) is 13.5 Å². The lowest BCUT2D eigenvalue weighted by molar-refractivity contribution is 0.305. The number of hydrogen-bond donors (Lipinski definition) is 0. The van der Waals surface area contributed by atoms with Crippen molar-refractivity contribution < 1.29 is 9.47 Å². The molecule has 3 aromatic rings. The van der Waals surface area contributed by atoms with E-state index in [4.69, 9.17) is 14.7 Å². The first-order valence-electron chi connectivity index (χ1n) is 8.64. The summed E-state index contributed by atoms with van der Waals surface area (Å²) in [5.41, 5.74) is 4.17. The van der Waals surface area contributed by atoms with Crippen LogP contribution in [0.15, 0.2) is 66.7 Å². The van der Waals surface area contributed by atoms with Gasteiger partial charge >= 0.3 is 0 Å². The second-order valence-electron chi connectivity index (χ2n) is 5.89. The van der Waals surface area contributed by atoms with Crippen LogP contribution in [0.25, 0.3) is 17.3 Å². The third kappa shape index (κ3) is 4.34. The van der Waals surface area contributed by atoms with Gasteiger partial charge in [0.1, 0.15) is 24.0 Å². The molecule has 0 fully saturated rings. The third-order valence-corrected chi connectivity index (χ3v) is 4.06. The molecule has 0 aliphatic carbocycles. The molecule has 1 aromatic heterocycles. The molecule has 1 heterocycles. The Kier molecular flexibility index (Phi) is 5.86. The predicted molar refractivity (Wildman–Crippen MR) is 106 cm³/mol. The fourth-order valence-corrected chi connectivity index (χ4v) is 2.73. The van der Waals surface area contributed by atoms with Crippen molar-refractivity contribution in [3.8, 4) is 29.0 Å². The monoisotopic (exact) mass is 356 g/mol. The van der Waals surface area contributed by atoms with Crippen LogP contribution >= 0.6 is 0 Å². The van der Waals surface area contributed by atoms with Gasteiger partial charge in [-0.3, -0.25) is 0 Å². The second-order valence-corrected chi connectivity index (χ2v) is 5.89. The first-order chi connectivity index (χ1) is 13.2. The standard InChI is InChI=1S/C23H20N2O2/c1-3-7-19-14-18(21-12-10-20(15-24)23(25-21)26-2)11-13-22(19)27-16-17-8-5-4-6-9-17/h3-14H,16H2,1-2H3. The van der Waals surface area contributed by atoms with Gasteiger partial charge < -0.3 is 9.47 Å². The lowest BCUT2D eigenvalue weighted by Crippen LogP contribution is -1.98. The molecule has 3 rings (SSSR count). The minimum Gasteiger partial charge on any atom is -0.488 e. The Balaban J connectivity index is 1.90. The maximum atomic E-state index is 9.12. The molecule has 4 heteroatoms. The molecule has 4 nitrogen and oxygen atoms in total. The Morgan fingerprint density at radius 3 is 2.59 bits per heavy atom. The quantitative estimate of drug-likeness (QED) is 0.606. The maximum absolute atomic E-state index is 9.12. The molecule has 0 unspecified atom stereocenters. The molecule has 134 valence electrons. The number of aromatic nitrogens is 1. The summed E-state index contributed by atoms with van der Waals surface area (Å²) in [6, 6.07) is 21.6. The van der Waals surface area contributed by atoms with Crippen LogP contribution in [-0.2, 0) is 6.61 Å². The van der Waals surface area contributed by atoms with Crippen LogP contribution in [0.1, 0.15) is 23.6 Å². The Bertz CT molecular complexity index is 989. The minimum absolute atomic E-state index is 0.326. The lowest BCUT2D eigenvalue weighted by atomic mass is 10.1. The summed E-state index contributed by atoms with van der Waals surface area (Å²) in [5, 5.41) is 9.12. The lowest BCUT2D eigenvalue weighted by Gasteiger charge is -2.12. The van der Waals surface area contributed by atoms with E-state index < -0.39 is 0 Å². The average molecular weight is 356 g/mol. The largest absolute Gasteiger partial charge is 0.488 e. The van der Waals surface area contributed by atoms with Crippen molar-refractivity contribution in [2.75, 3.05) is 7.11 Å². The maximum Gasteiger partial charge on any atom is 0.231 e. The van der Waals surface area contributed by atoms with Gasteiger partial charge in [0.25, 0.3) is 0 Å². The molecule has 27 heavy (non-hydrogen) atoms. The van der Waals surface area contributed by atoms with Crippen molar-refractivity contribution in [2.24, 2.45) is 0 Å². The number of nitrogens with zero attached hydrogens (tertiary/aromatic N) is 2. The first-order valence-corrected chi connectivity index (χ1v) is 8.64. The molecule has 0 amide bonds. The molecule has 0 N–H and O–H groups in total. The summed E-state index contributed by atoms with van der Waals surface area (Å²) >= 11 is 0. The van der Waals surface area contributed by atoms with Gasteiger partial charge in [0.05, 0.1) is 12.8 Å². The number of allylic oxidation sites excluding steroid dienone is 1. The van der Waals surface area contributed by atoms with E-state index in [1.807, 2.05) is 73.7 Å². The van der Waals surface area contributed by atoms with Gasteiger partial charge in [0.2, 0.25) is 5.88 Å². The number of methoxy groups -OCH3 is 1. The number of pyridine rings is 1. The van der Waals surface area contributed by atoms with Crippen molar-refractivity contribution in [3.05, 3.63) is 83.4 Å². The number of nitriles is 1. The molecule has 2 aromatic carbocycles. The highest BCUT2D eigenvalue weighted by Gasteiger charge is 2.10. The number of ether oxygens (including phenoxy) is 2. The summed E-state index contributed by atoms with van der Waals surface area (Å²) in [6.07, 6.45) is 3.98. The SMILES string of the molecule is CC=Cc1cc(-c2ccc(C#N)c(OC)n2)ccc1OCc1ccccc1. The fourth-order valence-electron chi connectivity index (χ4n) is 2.73. The average Bonchev–Trinajstić information content (AvgIpc) is 2.73. The number of benzene rings is 2.